The van der Waals surface area contributed by atoms with Gasteiger partial charge >= 0.3 is 0 Å². The molecule has 1 N–H and O–H groups in total. The molecular weight excluding hydrogens is 478 g/mol. The van der Waals surface area contributed by atoms with E-state index in [2.05, 4.69) is 5.32 Å². The molecule has 2 amide bonds. The number of benzene rings is 2. The Kier molecular flexibility index (Phi) is 10.8. The largest absolute Gasteiger partial charge is 0.497 e. The van der Waals surface area contributed by atoms with E-state index in [9.17, 15) is 18.0 Å². The average Bonchev–Trinajstić information content (AvgIpc) is 2.83. The minimum Gasteiger partial charge on any atom is -0.497 e. The molecule has 0 radical (unpaired) electrons. The molecule has 198 valence electrons. The van der Waals surface area contributed by atoms with Crippen molar-refractivity contribution in [3.8, 4) is 5.75 Å². The number of hydrogen-bond donors (Lipinski definition) is 1. The van der Waals surface area contributed by atoms with Crippen molar-refractivity contribution in [3.05, 3.63) is 59.2 Å². The van der Waals surface area contributed by atoms with Gasteiger partial charge < -0.3 is 15.0 Å². The van der Waals surface area contributed by atoms with Crippen LogP contribution in [-0.4, -0.2) is 57.6 Å². The zero-order chi connectivity index (χ0) is 26.9. The van der Waals surface area contributed by atoms with E-state index < -0.39 is 16.1 Å². The number of methoxy groups -OCH3 is 1. The Balaban J connectivity index is 2.23. The third kappa shape index (κ3) is 7.98. The molecule has 8 nitrogen and oxygen atoms in total. The predicted octanol–water partition coefficient (Wildman–Crippen LogP) is 3.80. The highest BCUT2D eigenvalue weighted by Crippen LogP contribution is 2.25. The van der Waals surface area contributed by atoms with Gasteiger partial charge in [-0.15, -0.1) is 0 Å². The molecular formula is C27H39N3O5S. The fourth-order valence-electron chi connectivity index (χ4n) is 4.11. The third-order valence-electron chi connectivity index (χ3n) is 6.03. The summed E-state index contributed by atoms with van der Waals surface area (Å²) in [4.78, 5) is 27.8. The van der Waals surface area contributed by atoms with Crippen molar-refractivity contribution in [1.29, 1.82) is 0 Å². The Labute approximate surface area is 215 Å². The van der Waals surface area contributed by atoms with Crippen LogP contribution in [0, 0.1) is 13.8 Å². The van der Waals surface area contributed by atoms with Crippen molar-refractivity contribution in [1.82, 2.24) is 10.2 Å². The highest BCUT2D eigenvalue weighted by atomic mass is 32.2. The summed E-state index contributed by atoms with van der Waals surface area (Å²) >= 11 is 0. The Morgan fingerprint density at radius 3 is 2.28 bits per heavy atom. The van der Waals surface area contributed by atoms with Crippen LogP contribution >= 0.6 is 0 Å². The van der Waals surface area contributed by atoms with Gasteiger partial charge in [0.25, 0.3) is 0 Å². The first-order valence-electron chi connectivity index (χ1n) is 12.3. The SMILES string of the molecule is CCNC(=O)[C@H](CC)N(Cc1ccc(OC)cc1)C(=O)CCCN(c1cc(C)ccc1C)S(C)(=O)=O. The smallest absolute Gasteiger partial charge is 0.242 e. The van der Waals surface area contributed by atoms with Crippen LogP contribution < -0.4 is 14.4 Å². The first-order chi connectivity index (χ1) is 17.0. The van der Waals surface area contributed by atoms with Gasteiger partial charge in [0.2, 0.25) is 21.8 Å². The zero-order valence-corrected chi connectivity index (χ0v) is 23.0. The molecule has 0 aliphatic heterocycles. The maximum absolute atomic E-state index is 13.4. The van der Waals surface area contributed by atoms with E-state index in [4.69, 9.17) is 4.74 Å². The number of anilines is 1. The summed E-state index contributed by atoms with van der Waals surface area (Å²) in [5.41, 5.74) is 3.30. The van der Waals surface area contributed by atoms with Gasteiger partial charge in [0.1, 0.15) is 11.8 Å². The Hall–Kier alpha value is -3.07. The molecule has 2 aromatic rings. The normalized spacial score (nSPS) is 12.1. The van der Waals surface area contributed by atoms with Gasteiger partial charge in [-0.05, 0) is 68.5 Å². The van der Waals surface area contributed by atoms with Crippen LogP contribution in [0.5, 0.6) is 5.75 Å². The lowest BCUT2D eigenvalue weighted by atomic mass is 10.1. The average molecular weight is 518 g/mol. The summed E-state index contributed by atoms with van der Waals surface area (Å²) in [6.07, 6.45) is 2.08. The van der Waals surface area contributed by atoms with Crippen LogP contribution in [0.4, 0.5) is 5.69 Å². The molecule has 2 aromatic carbocycles. The van der Waals surface area contributed by atoms with Crippen molar-refractivity contribution in [2.24, 2.45) is 0 Å². The number of nitrogens with zero attached hydrogens (tertiary/aromatic N) is 2. The number of hydrogen-bond acceptors (Lipinski definition) is 5. The predicted molar refractivity (Wildman–Crippen MR) is 144 cm³/mol. The van der Waals surface area contributed by atoms with Crippen LogP contribution in [0.2, 0.25) is 0 Å². The van der Waals surface area contributed by atoms with Crippen molar-refractivity contribution in [3.63, 3.8) is 0 Å². The van der Waals surface area contributed by atoms with E-state index in [1.165, 1.54) is 10.6 Å². The van der Waals surface area contributed by atoms with Gasteiger partial charge in [-0.2, -0.15) is 0 Å². The van der Waals surface area contributed by atoms with Crippen molar-refractivity contribution < 1.29 is 22.7 Å². The van der Waals surface area contributed by atoms with Crippen LogP contribution in [-0.2, 0) is 26.2 Å². The van der Waals surface area contributed by atoms with E-state index >= 15 is 0 Å². The number of rotatable bonds is 13. The summed E-state index contributed by atoms with van der Waals surface area (Å²) in [7, 11) is -1.95. The second kappa shape index (κ2) is 13.3. The second-order valence-electron chi connectivity index (χ2n) is 8.92. The lowest BCUT2D eigenvalue weighted by molar-refractivity contribution is -0.141. The molecule has 9 heteroatoms. The van der Waals surface area contributed by atoms with E-state index in [1.54, 1.807) is 12.0 Å². The minimum atomic E-state index is -3.54. The first kappa shape index (κ1) is 29.2. The molecule has 0 spiro atoms. The summed E-state index contributed by atoms with van der Waals surface area (Å²) in [5.74, 6) is 0.313. The van der Waals surface area contributed by atoms with Crippen molar-refractivity contribution in [2.75, 3.05) is 30.8 Å². The molecule has 0 heterocycles. The third-order valence-corrected chi connectivity index (χ3v) is 7.21. The Bertz CT molecular complexity index is 1130. The number of carbonyl (C=O) groups excluding carboxylic acids is 2. The van der Waals surface area contributed by atoms with E-state index in [0.717, 1.165) is 16.7 Å². The van der Waals surface area contributed by atoms with E-state index in [0.29, 0.717) is 30.8 Å². The number of sulfonamides is 1. The summed E-state index contributed by atoms with van der Waals surface area (Å²) in [6.45, 7) is 8.41. The summed E-state index contributed by atoms with van der Waals surface area (Å²) in [6, 6.07) is 12.4. The van der Waals surface area contributed by atoms with Gasteiger partial charge in [-0.1, -0.05) is 31.2 Å². The molecule has 0 aliphatic rings. The van der Waals surface area contributed by atoms with E-state index in [1.807, 2.05) is 70.2 Å². The fraction of sp³-hybridized carbons (Fsp3) is 0.481. The molecule has 0 fully saturated rings. The Morgan fingerprint density at radius 1 is 1.06 bits per heavy atom. The highest BCUT2D eigenvalue weighted by Gasteiger charge is 2.28. The van der Waals surface area contributed by atoms with Gasteiger partial charge in [0.05, 0.1) is 19.1 Å². The number of aryl methyl sites for hydroxylation is 2. The fourth-order valence-corrected chi connectivity index (χ4v) is 5.12. The second-order valence-corrected chi connectivity index (χ2v) is 10.8. The van der Waals surface area contributed by atoms with Gasteiger partial charge in [0, 0.05) is 26.1 Å². The van der Waals surface area contributed by atoms with Crippen LogP contribution in [0.25, 0.3) is 0 Å². The topological polar surface area (TPSA) is 96.0 Å². The first-order valence-corrected chi connectivity index (χ1v) is 14.1. The lowest BCUT2D eigenvalue weighted by Crippen LogP contribution is -2.49. The molecule has 0 unspecified atom stereocenters. The standard InChI is InChI=1S/C27H39N3O5S/c1-7-24(27(32)28-8-2)29(19-22-13-15-23(35-5)16-14-22)26(31)10-9-17-30(36(6,33)34)25-18-20(3)11-12-21(25)4/h11-16,18,24H,7-10,17,19H2,1-6H3,(H,28,32)/t24-/m0/s1. The molecule has 0 saturated heterocycles. The number of amides is 2. The molecule has 1 atom stereocenters. The van der Waals surface area contributed by atoms with Crippen molar-refractivity contribution in [2.45, 2.75) is 59.5 Å². The Morgan fingerprint density at radius 2 is 1.72 bits per heavy atom. The number of likely N-dealkylation sites (N-methyl/N-ethyl adjacent to an activating group) is 1. The summed E-state index contributed by atoms with van der Waals surface area (Å²) < 4.78 is 31.7. The quantitative estimate of drug-likeness (QED) is 0.436. The lowest BCUT2D eigenvalue weighted by Gasteiger charge is -2.31. The van der Waals surface area contributed by atoms with Gasteiger partial charge in [-0.3, -0.25) is 13.9 Å². The van der Waals surface area contributed by atoms with Gasteiger partial charge in [0.15, 0.2) is 0 Å². The molecule has 0 aromatic heterocycles. The van der Waals surface area contributed by atoms with Gasteiger partial charge in [-0.25, -0.2) is 8.42 Å². The van der Waals surface area contributed by atoms with Crippen LogP contribution in [0.1, 0.15) is 49.8 Å². The zero-order valence-electron chi connectivity index (χ0n) is 22.2. The number of ether oxygens (including phenoxy) is 1. The molecule has 0 bridgehead atoms. The van der Waals surface area contributed by atoms with Crippen LogP contribution in [0.3, 0.4) is 0 Å². The summed E-state index contributed by atoms with van der Waals surface area (Å²) in [5, 5.41) is 2.82. The monoisotopic (exact) mass is 517 g/mol. The molecule has 0 saturated carbocycles. The van der Waals surface area contributed by atoms with E-state index in [-0.39, 0.29) is 31.3 Å². The minimum absolute atomic E-state index is 0.114. The molecule has 36 heavy (non-hydrogen) atoms. The molecule has 0 aliphatic carbocycles. The number of nitrogens with one attached hydrogen (secondary N) is 1. The highest BCUT2D eigenvalue weighted by molar-refractivity contribution is 7.92. The van der Waals surface area contributed by atoms with Crippen LogP contribution in [0.15, 0.2) is 42.5 Å². The molecule has 2 rings (SSSR count). The maximum Gasteiger partial charge on any atom is 0.242 e. The van der Waals surface area contributed by atoms with Crippen molar-refractivity contribution >= 4 is 27.5 Å². The maximum atomic E-state index is 13.4. The number of carbonyl (C=O) groups is 2.